The minimum Gasteiger partial charge on any atom is -0.348 e. The zero-order valence-corrected chi connectivity index (χ0v) is 21.3. The van der Waals surface area contributed by atoms with E-state index >= 15 is 0 Å². The monoisotopic (exact) mass is 448 g/mol. The maximum atomic E-state index is 2.77. The van der Waals surface area contributed by atoms with E-state index in [1.807, 2.05) is 0 Å². The molecule has 2 fully saturated rings. The fourth-order valence-corrected chi connectivity index (χ4v) is 10.5. The van der Waals surface area contributed by atoms with Crippen LogP contribution in [0, 0.1) is 20.8 Å². The quantitative estimate of drug-likeness (QED) is 0.422. The Balaban J connectivity index is 1.45. The van der Waals surface area contributed by atoms with Gasteiger partial charge < -0.3 is 9.80 Å². The Kier molecular flexibility index (Phi) is 6.79. The lowest BCUT2D eigenvalue weighted by Crippen LogP contribution is -2.33. The molecule has 2 aromatic rings. The van der Waals surface area contributed by atoms with Gasteiger partial charge in [-0.15, -0.1) is 0 Å². The highest BCUT2D eigenvalue weighted by molar-refractivity contribution is 7.59. The van der Waals surface area contributed by atoms with Gasteiger partial charge in [0, 0.05) is 12.0 Å². The van der Waals surface area contributed by atoms with Crippen molar-refractivity contribution in [3.8, 4) is 0 Å². The minimum atomic E-state index is 0.0584. The van der Waals surface area contributed by atoms with Gasteiger partial charge >= 0.3 is 0 Å². The van der Waals surface area contributed by atoms with Crippen LogP contribution in [0.15, 0.2) is 36.4 Å². The zero-order valence-electron chi connectivity index (χ0n) is 20.4. The first kappa shape index (κ1) is 22.3. The molecule has 0 radical (unpaired) electrons. The van der Waals surface area contributed by atoms with Gasteiger partial charge in [-0.1, -0.05) is 76.3 Å². The van der Waals surface area contributed by atoms with Crippen LogP contribution >= 0.6 is 7.92 Å². The smallest absolute Gasteiger partial charge is 0.0956 e. The first-order valence-electron chi connectivity index (χ1n) is 13.1. The van der Waals surface area contributed by atoms with Crippen molar-refractivity contribution < 1.29 is 0 Å². The second-order valence-corrected chi connectivity index (χ2v) is 13.4. The van der Waals surface area contributed by atoms with Crippen LogP contribution in [0.25, 0.3) is 0 Å². The number of aryl methyl sites for hydroxylation is 3. The van der Waals surface area contributed by atoms with Crippen LogP contribution in [0.4, 0.5) is 17.1 Å². The summed E-state index contributed by atoms with van der Waals surface area (Å²) in [5.41, 5.74) is 10.5. The van der Waals surface area contributed by atoms with E-state index in [4.69, 9.17) is 0 Å². The predicted molar refractivity (Wildman–Crippen MR) is 142 cm³/mol. The van der Waals surface area contributed by atoms with Crippen molar-refractivity contribution in [2.75, 3.05) is 22.8 Å². The van der Waals surface area contributed by atoms with Gasteiger partial charge in [-0.25, -0.2) is 0 Å². The fourth-order valence-electron chi connectivity index (χ4n) is 6.74. The largest absolute Gasteiger partial charge is 0.348 e. The van der Waals surface area contributed by atoms with Crippen molar-refractivity contribution in [1.29, 1.82) is 0 Å². The van der Waals surface area contributed by atoms with Crippen LogP contribution in [0.5, 0.6) is 0 Å². The molecule has 1 heterocycles. The molecular formula is C29H41N2P. The Labute approximate surface area is 197 Å². The molecule has 2 nitrogen and oxygen atoms in total. The minimum absolute atomic E-state index is 0.0584. The van der Waals surface area contributed by atoms with Gasteiger partial charge in [-0.3, -0.25) is 0 Å². The average Bonchev–Trinajstić information content (AvgIpc) is 3.16. The molecule has 0 spiro atoms. The van der Waals surface area contributed by atoms with Gasteiger partial charge in [0.1, 0.15) is 0 Å². The van der Waals surface area contributed by atoms with Crippen LogP contribution in [0.3, 0.4) is 0 Å². The SMILES string of the molecule is Cc1cc(C)c(N2CN(CP(C3CCCCC3)C3CCCCC3)c3ccccc32)c(C)c1. The summed E-state index contributed by atoms with van der Waals surface area (Å²) in [6, 6.07) is 13.9. The lowest BCUT2D eigenvalue weighted by Gasteiger charge is -2.41. The van der Waals surface area contributed by atoms with Crippen LogP contribution in [0.1, 0.15) is 80.9 Å². The van der Waals surface area contributed by atoms with E-state index in [-0.39, 0.29) is 7.92 Å². The van der Waals surface area contributed by atoms with E-state index in [1.165, 1.54) is 104 Å². The summed E-state index contributed by atoms with van der Waals surface area (Å²) in [6.45, 7) is 7.81. The third-order valence-electron chi connectivity index (χ3n) is 8.15. The molecule has 0 amide bonds. The Hall–Kier alpha value is -1.53. The molecule has 0 atom stereocenters. The van der Waals surface area contributed by atoms with Crippen molar-refractivity contribution in [3.63, 3.8) is 0 Å². The average molecular weight is 449 g/mol. The van der Waals surface area contributed by atoms with Crippen LogP contribution in [0.2, 0.25) is 0 Å². The van der Waals surface area contributed by atoms with Crippen molar-refractivity contribution >= 4 is 25.0 Å². The molecule has 172 valence electrons. The summed E-state index contributed by atoms with van der Waals surface area (Å²) in [6.07, 6.45) is 16.1. The number of benzene rings is 2. The van der Waals surface area contributed by atoms with E-state index in [2.05, 4.69) is 67.0 Å². The summed E-state index contributed by atoms with van der Waals surface area (Å²) in [4.78, 5) is 5.37. The van der Waals surface area contributed by atoms with Crippen molar-refractivity contribution in [3.05, 3.63) is 53.1 Å². The van der Waals surface area contributed by atoms with Crippen LogP contribution in [-0.2, 0) is 0 Å². The van der Waals surface area contributed by atoms with Crippen molar-refractivity contribution in [1.82, 2.24) is 0 Å². The van der Waals surface area contributed by atoms with Gasteiger partial charge in [0.05, 0.1) is 18.0 Å². The van der Waals surface area contributed by atoms with Gasteiger partial charge in [-0.05, 0) is 81.0 Å². The van der Waals surface area contributed by atoms with E-state index in [0.29, 0.717) is 0 Å². The molecule has 5 rings (SSSR count). The second kappa shape index (κ2) is 9.76. The molecule has 3 heteroatoms. The second-order valence-electron chi connectivity index (χ2n) is 10.6. The first-order valence-corrected chi connectivity index (χ1v) is 14.7. The molecule has 2 aromatic carbocycles. The lowest BCUT2D eigenvalue weighted by molar-refractivity contribution is 0.484. The number of rotatable bonds is 5. The number of fused-ring (bicyclic) bond motifs is 1. The maximum Gasteiger partial charge on any atom is 0.0956 e. The summed E-state index contributed by atoms with van der Waals surface area (Å²) in [5, 5.41) is 0. The highest BCUT2D eigenvalue weighted by Gasteiger charge is 2.36. The summed E-state index contributed by atoms with van der Waals surface area (Å²) >= 11 is 0. The molecular weight excluding hydrogens is 407 g/mol. The van der Waals surface area contributed by atoms with E-state index in [9.17, 15) is 0 Å². The fraction of sp³-hybridized carbons (Fsp3) is 0.586. The Morgan fingerprint density at radius 2 is 1.28 bits per heavy atom. The van der Waals surface area contributed by atoms with E-state index in [1.54, 1.807) is 0 Å². The molecule has 0 aromatic heterocycles. The lowest BCUT2D eigenvalue weighted by atomic mass is 9.99. The predicted octanol–water partition coefficient (Wildman–Crippen LogP) is 8.63. The van der Waals surface area contributed by atoms with Gasteiger partial charge in [0.2, 0.25) is 0 Å². The van der Waals surface area contributed by atoms with Crippen molar-refractivity contribution in [2.24, 2.45) is 0 Å². The molecule has 2 aliphatic carbocycles. The number of anilines is 3. The number of nitrogens with zero attached hydrogens (tertiary/aromatic N) is 2. The molecule has 32 heavy (non-hydrogen) atoms. The zero-order chi connectivity index (χ0) is 22.1. The molecule has 1 aliphatic heterocycles. The van der Waals surface area contributed by atoms with Crippen LogP contribution in [-0.4, -0.2) is 24.3 Å². The van der Waals surface area contributed by atoms with Crippen molar-refractivity contribution in [2.45, 2.75) is 96.3 Å². The van der Waals surface area contributed by atoms with Gasteiger partial charge in [0.15, 0.2) is 0 Å². The third-order valence-corrected chi connectivity index (χ3v) is 11.7. The Bertz CT molecular complexity index is 885. The molecule has 0 bridgehead atoms. The first-order chi connectivity index (χ1) is 15.6. The summed E-state index contributed by atoms with van der Waals surface area (Å²) < 4.78 is 0. The van der Waals surface area contributed by atoms with E-state index < -0.39 is 0 Å². The molecule has 3 aliphatic rings. The molecule has 2 saturated carbocycles. The summed E-state index contributed by atoms with van der Waals surface area (Å²) in [5.74, 6) is 0. The maximum absolute atomic E-state index is 2.77. The van der Waals surface area contributed by atoms with E-state index in [0.717, 1.165) is 18.0 Å². The molecule has 0 unspecified atom stereocenters. The third kappa shape index (κ3) is 4.45. The number of hydrogen-bond acceptors (Lipinski definition) is 2. The normalized spacial score (nSPS) is 20.2. The highest BCUT2D eigenvalue weighted by atomic mass is 31.1. The van der Waals surface area contributed by atoms with Gasteiger partial charge in [-0.2, -0.15) is 0 Å². The molecule has 0 saturated heterocycles. The van der Waals surface area contributed by atoms with Gasteiger partial charge in [0.25, 0.3) is 0 Å². The topological polar surface area (TPSA) is 6.48 Å². The highest BCUT2D eigenvalue weighted by Crippen LogP contribution is 2.57. The Morgan fingerprint density at radius 1 is 0.750 bits per heavy atom. The Morgan fingerprint density at radius 3 is 1.84 bits per heavy atom. The summed E-state index contributed by atoms with van der Waals surface area (Å²) in [7, 11) is 0.0584. The van der Waals surface area contributed by atoms with Crippen LogP contribution < -0.4 is 9.80 Å². The number of hydrogen-bond donors (Lipinski definition) is 0. The standard InChI is InChI=1S/C29H41N2P/c1-22-18-23(2)29(24(3)19-22)31-20-30(27-16-10-11-17-28(27)31)21-32(25-12-6-4-7-13-25)26-14-8-5-9-15-26/h10-11,16-19,25-26H,4-9,12-15,20-21H2,1-3H3. The molecule has 0 N–H and O–H groups in total. The number of para-hydroxylation sites is 2.